The van der Waals surface area contributed by atoms with Gasteiger partial charge >= 0.3 is 0 Å². The molecule has 1 N–H and O–H groups in total. The number of thioether (sulfide) groups is 2. The van der Waals surface area contributed by atoms with Crippen molar-refractivity contribution in [2.75, 3.05) is 35.7 Å². The van der Waals surface area contributed by atoms with E-state index in [-0.39, 0.29) is 11.2 Å². The van der Waals surface area contributed by atoms with E-state index >= 15 is 0 Å². The largest absolute Gasteiger partial charge is 0.301 e. The van der Waals surface area contributed by atoms with Gasteiger partial charge in [-0.3, -0.25) is 9.69 Å². The second-order valence-electron chi connectivity index (χ2n) is 6.03. The van der Waals surface area contributed by atoms with Gasteiger partial charge in [0.05, 0.1) is 10.9 Å². The van der Waals surface area contributed by atoms with Gasteiger partial charge in [0.2, 0.25) is 5.91 Å². The SMILES string of the molecule is CC1CCN(Cc2csc(NC(=O)C3CSCCS3)n2)CC1. The van der Waals surface area contributed by atoms with Gasteiger partial charge in [-0.2, -0.15) is 11.8 Å². The van der Waals surface area contributed by atoms with Gasteiger partial charge in [0, 0.05) is 29.2 Å². The monoisotopic (exact) mass is 357 g/mol. The molecule has 0 spiro atoms. The van der Waals surface area contributed by atoms with Crippen LogP contribution in [0.4, 0.5) is 5.13 Å². The van der Waals surface area contributed by atoms with Crippen LogP contribution in [0.2, 0.25) is 0 Å². The van der Waals surface area contributed by atoms with E-state index in [2.05, 4.69) is 27.5 Å². The molecular weight excluding hydrogens is 334 g/mol. The molecule has 22 heavy (non-hydrogen) atoms. The quantitative estimate of drug-likeness (QED) is 0.897. The average Bonchev–Trinajstić information content (AvgIpc) is 2.97. The van der Waals surface area contributed by atoms with Gasteiger partial charge in [-0.05, 0) is 31.8 Å². The number of piperidine rings is 1. The smallest absolute Gasteiger partial charge is 0.240 e. The summed E-state index contributed by atoms with van der Waals surface area (Å²) in [7, 11) is 0. The van der Waals surface area contributed by atoms with E-state index < -0.39 is 0 Å². The predicted octanol–water partition coefficient (Wildman–Crippen LogP) is 3.16. The molecule has 7 heteroatoms. The molecule has 4 nitrogen and oxygen atoms in total. The first-order chi connectivity index (χ1) is 10.7. The minimum atomic E-state index is 0.0784. The second kappa shape index (κ2) is 8.04. The maximum Gasteiger partial charge on any atom is 0.240 e. The number of rotatable bonds is 4. The van der Waals surface area contributed by atoms with Crippen LogP contribution in [0.25, 0.3) is 0 Å². The third-order valence-electron chi connectivity index (χ3n) is 4.15. The van der Waals surface area contributed by atoms with Gasteiger partial charge in [0.25, 0.3) is 0 Å². The number of amides is 1. The predicted molar refractivity (Wildman–Crippen MR) is 98.0 cm³/mol. The Balaban J connectivity index is 1.49. The molecule has 1 atom stereocenters. The van der Waals surface area contributed by atoms with Gasteiger partial charge < -0.3 is 5.32 Å². The number of likely N-dealkylation sites (tertiary alicyclic amines) is 1. The van der Waals surface area contributed by atoms with Crippen molar-refractivity contribution in [2.24, 2.45) is 5.92 Å². The summed E-state index contributed by atoms with van der Waals surface area (Å²) in [6.45, 7) is 5.56. The Morgan fingerprint density at radius 2 is 2.23 bits per heavy atom. The minimum Gasteiger partial charge on any atom is -0.301 e. The lowest BCUT2D eigenvalue weighted by atomic mass is 9.99. The van der Waals surface area contributed by atoms with Crippen LogP contribution in [0, 0.1) is 5.92 Å². The zero-order valence-corrected chi connectivity index (χ0v) is 15.4. The van der Waals surface area contributed by atoms with E-state index in [1.165, 1.54) is 12.8 Å². The molecule has 1 aromatic rings. The zero-order valence-electron chi connectivity index (χ0n) is 12.9. The molecule has 2 saturated heterocycles. The Kier molecular flexibility index (Phi) is 6.07. The van der Waals surface area contributed by atoms with Gasteiger partial charge in [0.15, 0.2) is 5.13 Å². The third kappa shape index (κ3) is 4.63. The fraction of sp³-hybridized carbons (Fsp3) is 0.733. The number of carbonyl (C=O) groups is 1. The summed E-state index contributed by atoms with van der Waals surface area (Å²) in [4.78, 5) is 19.3. The number of thiazole rings is 1. The van der Waals surface area contributed by atoms with Crippen molar-refractivity contribution < 1.29 is 4.79 Å². The molecule has 0 aliphatic carbocycles. The lowest BCUT2D eigenvalue weighted by molar-refractivity contribution is -0.115. The molecule has 1 amide bonds. The summed E-state index contributed by atoms with van der Waals surface area (Å²) in [6.07, 6.45) is 2.56. The van der Waals surface area contributed by atoms with Gasteiger partial charge in [-0.25, -0.2) is 4.98 Å². The fourth-order valence-corrected chi connectivity index (χ4v) is 5.97. The van der Waals surface area contributed by atoms with Crippen LogP contribution in [0.5, 0.6) is 0 Å². The maximum absolute atomic E-state index is 12.2. The Hall–Kier alpha value is -0.240. The molecule has 1 unspecified atom stereocenters. The highest BCUT2D eigenvalue weighted by molar-refractivity contribution is 8.07. The fourth-order valence-electron chi connectivity index (χ4n) is 2.71. The molecule has 2 fully saturated rings. The Labute approximate surface area is 144 Å². The van der Waals surface area contributed by atoms with Crippen molar-refractivity contribution in [3.8, 4) is 0 Å². The summed E-state index contributed by atoms with van der Waals surface area (Å²) in [5, 5.41) is 5.90. The van der Waals surface area contributed by atoms with Crippen LogP contribution < -0.4 is 5.32 Å². The van der Waals surface area contributed by atoms with Gasteiger partial charge in [-0.15, -0.1) is 23.1 Å². The van der Waals surface area contributed by atoms with Crippen molar-refractivity contribution in [1.29, 1.82) is 0 Å². The number of carbonyl (C=O) groups excluding carboxylic acids is 1. The van der Waals surface area contributed by atoms with E-state index in [0.29, 0.717) is 0 Å². The Morgan fingerprint density at radius 1 is 1.41 bits per heavy atom. The Morgan fingerprint density at radius 3 is 2.95 bits per heavy atom. The molecule has 2 aliphatic rings. The van der Waals surface area contributed by atoms with Crippen molar-refractivity contribution in [3.05, 3.63) is 11.1 Å². The van der Waals surface area contributed by atoms with Crippen molar-refractivity contribution in [3.63, 3.8) is 0 Å². The van der Waals surface area contributed by atoms with Crippen molar-refractivity contribution >= 4 is 45.9 Å². The summed E-state index contributed by atoms with van der Waals surface area (Å²) in [5.74, 6) is 4.11. The average molecular weight is 358 g/mol. The van der Waals surface area contributed by atoms with Crippen LogP contribution in [-0.2, 0) is 11.3 Å². The minimum absolute atomic E-state index is 0.0784. The van der Waals surface area contributed by atoms with Gasteiger partial charge in [-0.1, -0.05) is 6.92 Å². The molecule has 122 valence electrons. The molecule has 2 aliphatic heterocycles. The first kappa shape index (κ1) is 16.6. The first-order valence-electron chi connectivity index (χ1n) is 7.87. The highest BCUT2D eigenvalue weighted by Gasteiger charge is 2.23. The third-order valence-corrected chi connectivity index (χ3v) is 7.71. The number of nitrogens with one attached hydrogen (secondary N) is 1. The van der Waals surface area contributed by atoms with E-state index in [1.807, 2.05) is 11.8 Å². The highest BCUT2D eigenvalue weighted by atomic mass is 32.2. The van der Waals surface area contributed by atoms with Crippen LogP contribution in [0.3, 0.4) is 0 Å². The first-order valence-corrected chi connectivity index (χ1v) is 11.0. The molecule has 3 rings (SSSR count). The number of hydrogen-bond donors (Lipinski definition) is 1. The maximum atomic E-state index is 12.2. The van der Waals surface area contributed by atoms with Crippen LogP contribution >= 0.6 is 34.9 Å². The molecule has 0 aromatic carbocycles. The molecule has 0 radical (unpaired) electrons. The molecule has 3 heterocycles. The molecule has 0 bridgehead atoms. The van der Waals surface area contributed by atoms with Crippen LogP contribution in [-0.4, -0.2) is 51.4 Å². The lowest BCUT2D eigenvalue weighted by Gasteiger charge is -2.29. The van der Waals surface area contributed by atoms with E-state index in [4.69, 9.17) is 0 Å². The van der Waals surface area contributed by atoms with Crippen LogP contribution in [0.1, 0.15) is 25.5 Å². The number of hydrogen-bond acceptors (Lipinski definition) is 6. The number of aromatic nitrogens is 1. The summed E-state index contributed by atoms with van der Waals surface area (Å²) < 4.78 is 0. The second-order valence-corrected chi connectivity index (χ2v) is 9.34. The Bertz CT molecular complexity index is 494. The zero-order chi connectivity index (χ0) is 15.4. The van der Waals surface area contributed by atoms with E-state index in [9.17, 15) is 4.79 Å². The standard InChI is InChI=1S/C15H23N3OS3/c1-11-2-4-18(5-3-11)8-12-9-22-15(16-12)17-14(19)13-10-20-6-7-21-13/h9,11,13H,2-8,10H2,1H3,(H,16,17,19). The summed E-state index contributed by atoms with van der Waals surface area (Å²) in [6, 6.07) is 0. The molecule has 1 aromatic heterocycles. The van der Waals surface area contributed by atoms with E-state index in [0.717, 1.165) is 53.6 Å². The van der Waals surface area contributed by atoms with Crippen molar-refractivity contribution in [2.45, 2.75) is 31.6 Å². The van der Waals surface area contributed by atoms with Crippen LogP contribution in [0.15, 0.2) is 5.38 Å². The van der Waals surface area contributed by atoms with E-state index in [1.54, 1.807) is 23.1 Å². The van der Waals surface area contributed by atoms with Crippen molar-refractivity contribution in [1.82, 2.24) is 9.88 Å². The lowest BCUT2D eigenvalue weighted by Crippen LogP contribution is -2.32. The van der Waals surface area contributed by atoms with Gasteiger partial charge in [0.1, 0.15) is 0 Å². The molecule has 0 saturated carbocycles. The number of nitrogens with zero attached hydrogens (tertiary/aromatic N) is 2. The normalized spacial score (nSPS) is 24.3. The summed E-state index contributed by atoms with van der Waals surface area (Å²) >= 11 is 5.17. The highest BCUT2D eigenvalue weighted by Crippen LogP contribution is 2.26. The summed E-state index contributed by atoms with van der Waals surface area (Å²) in [5.41, 5.74) is 1.08. The molecular formula is C15H23N3OS3. The topological polar surface area (TPSA) is 45.2 Å². The number of anilines is 1.